The van der Waals surface area contributed by atoms with Crippen LogP contribution in [0.4, 0.5) is 0 Å². The van der Waals surface area contributed by atoms with Crippen molar-refractivity contribution in [3.63, 3.8) is 0 Å². The molecular weight excluding hydrogens is 383 g/mol. The van der Waals surface area contributed by atoms with Crippen molar-refractivity contribution >= 4 is 48.9 Å². The number of aldehydes is 1. The minimum atomic E-state index is -0.609. The molecule has 26 heavy (non-hydrogen) atoms. The largest absolute Gasteiger partial charge is 0.370 e. The highest BCUT2D eigenvalue weighted by Crippen LogP contribution is 2.09. The average Bonchev–Trinajstić information content (AvgIpc) is 2.57. The number of nitrogens with two attached hydrogens (primary N) is 1. The van der Waals surface area contributed by atoms with Gasteiger partial charge in [0, 0.05) is 13.6 Å². The summed E-state index contributed by atoms with van der Waals surface area (Å²) < 4.78 is 0. The van der Waals surface area contributed by atoms with Crippen molar-refractivity contribution in [2.45, 2.75) is 44.2 Å². The molecule has 6 N–H and O–H groups in total. The minimum Gasteiger partial charge on any atom is -0.370 e. The second-order valence-corrected chi connectivity index (χ2v) is 5.99. The molecule has 2 amide bonds. The van der Waals surface area contributed by atoms with Gasteiger partial charge >= 0.3 is 0 Å². The van der Waals surface area contributed by atoms with Crippen LogP contribution in [0.25, 0.3) is 0 Å². The Morgan fingerprint density at radius 1 is 1.38 bits per heavy atom. The molecule has 1 rings (SSSR count). The molecule has 0 aromatic heterocycles. The van der Waals surface area contributed by atoms with Crippen LogP contribution < -0.4 is 21.7 Å². The van der Waals surface area contributed by atoms with Crippen molar-refractivity contribution in [3.8, 4) is 0 Å². The summed E-state index contributed by atoms with van der Waals surface area (Å²) in [6.07, 6.45) is 4.56. The molecule has 0 unspecified atom stereocenters. The van der Waals surface area contributed by atoms with Gasteiger partial charge in [-0.2, -0.15) is 0 Å². The number of rotatable bonds is 9. The van der Waals surface area contributed by atoms with Crippen LogP contribution in [0, 0.1) is 5.41 Å². The quantitative estimate of drug-likeness (QED) is 0.148. The SMILES string of the molecule is CN(CC(=O)N[C@H](C=O)CCCNC(=N)N)C(=O)[C@H]1CCCCN1.Cl.Cl. The lowest BCUT2D eigenvalue weighted by Crippen LogP contribution is -2.50. The minimum absolute atomic E-state index is 0. The Hall–Kier alpha value is -1.58. The molecule has 0 aliphatic carbocycles. The normalized spacial score (nSPS) is 16.9. The van der Waals surface area contributed by atoms with Crippen molar-refractivity contribution in [1.29, 1.82) is 5.41 Å². The second kappa shape index (κ2) is 14.6. The molecule has 0 radical (unpaired) electrons. The van der Waals surface area contributed by atoms with Gasteiger partial charge in [0.1, 0.15) is 6.29 Å². The Labute approximate surface area is 166 Å². The van der Waals surface area contributed by atoms with Gasteiger partial charge in [0.15, 0.2) is 5.96 Å². The van der Waals surface area contributed by atoms with Crippen molar-refractivity contribution < 1.29 is 14.4 Å². The van der Waals surface area contributed by atoms with Gasteiger partial charge in [-0.25, -0.2) is 0 Å². The maximum absolute atomic E-state index is 12.2. The summed E-state index contributed by atoms with van der Waals surface area (Å²) in [4.78, 5) is 36.7. The van der Waals surface area contributed by atoms with Gasteiger partial charge in [-0.1, -0.05) is 6.42 Å². The number of hydrogen-bond donors (Lipinski definition) is 5. The fraction of sp³-hybridized carbons (Fsp3) is 0.733. The zero-order valence-electron chi connectivity index (χ0n) is 15.0. The Bertz CT molecular complexity index is 461. The summed E-state index contributed by atoms with van der Waals surface area (Å²) in [5.41, 5.74) is 5.16. The number of likely N-dealkylation sites (N-methyl/N-ethyl adjacent to an activating group) is 1. The maximum Gasteiger partial charge on any atom is 0.240 e. The summed E-state index contributed by atoms with van der Waals surface area (Å²) in [6.45, 7) is 1.20. The number of carbonyl (C=O) groups excluding carboxylic acids is 3. The van der Waals surface area contributed by atoms with Gasteiger partial charge in [0.25, 0.3) is 0 Å². The van der Waals surface area contributed by atoms with E-state index in [0.717, 1.165) is 25.8 Å². The lowest BCUT2D eigenvalue weighted by Gasteiger charge is -2.27. The first-order valence-electron chi connectivity index (χ1n) is 8.25. The highest BCUT2D eigenvalue weighted by Gasteiger charge is 2.25. The third kappa shape index (κ3) is 10.4. The molecule has 2 atom stereocenters. The highest BCUT2D eigenvalue weighted by molar-refractivity contribution is 5.88. The number of guanidine groups is 1. The summed E-state index contributed by atoms with van der Waals surface area (Å²) >= 11 is 0. The molecule has 9 nitrogen and oxygen atoms in total. The Morgan fingerprint density at radius 3 is 2.62 bits per heavy atom. The molecular formula is C15H30Cl2N6O3. The molecule has 0 aromatic carbocycles. The molecule has 0 saturated carbocycles. The standard InChI is InChI=1S/C15H28N6O3.2ClH/c1-21(14(24)12-6-2-3-7-18-12)9-13(23)20-11(10-22)5-4-8-19-15(16)17;;/h10-12,18H,2-9H2,1H3,(H,20,23)(H4,16,17,19);2*1H/t11-,12+;;/m0../s1. The molecule has 1 fully saturated rings. The van der Waals surface area contributed by atoms with Gasteiger partial charge in [-0.05, 0) is 32.2 Å². The number of carbonyl (C=O) groups is 3. The molecule has 0 aromatic rings. The van der Waals surface area contributed by atoms with E-state index in [9.17, 15) is 14.4 Å². The van der Waals surface area contributed by atoms with Crippen LogP contribution >= 0.6 is 24.8 Å². The van der Waals surface area contributed by atoms with E-state index in [0.29, 0.717) is 25.7 Å². The van der Waals surface area contributed by atoms with E-state index in [2.05, 4.69) is 16.0 Å². The van der Waals surface area contributed by atoms with Crippen LogP contribution in [0.15, 0.2) is 0 Å². The predicted octanol–water partition coefficient (Wildman–Crippen LogP) is -0.623. The fourth-order valence-electron chi connectivity index (χ4n) is 2.59. The zero-order chi connectivity index (χ0) is 17.9. The molecule has 1 aliphatic rings. The van der Waals surface area contributed by atoms with E-state index in [1.165, 1.54) is 4.90 Å². The van der Waals surface area contributed by atoms with Crippen molar-refractivity contribution in [2.75, 3.05) is 26.7 Å². The van der Waals surface area contributed by atoms with Crippen LogP contribution in [0.5, 0.6) is 0 Å². The third-order valence-corrected chi connectivity index (χ3v) is 3.88. The molecule has 1 heterocycles. The Kier molecular flexibility index (Phi) is 14.9. The first kappa shape index (κ1) is 26.6. The lowest BCUT2D eigenvalue weighted by atomic mass is 10.0. The predicted molar refractivity (Wildman–Crippen MR) is 105 cm³/mol. The lowest BCUT2D eigenvalue weighted by molar-refractivity contribution is -0.137. The fourth-order valence-corrected chi connectivity index (χ4v) is 2.59. The average molecular weight is 413 g/mol. The van der Waals surface area contributed by atoms with Gasteiger partial charge in [-0.3, -0.25) is 15.0 Å². The summed E-state index contributed by atoms with van der Waals surface area (Å²) in [5, 5.41) is 15.4. The zero-order valence-corrected chi connectivity index (χ0v) is 16.6. The molecule has 1 saturated heterocycles. The number of nitrogens with one attached hydrogen (secondary N) is 4. The number of nitrogens with zero attached hydrogens (tertiary/aromatic N) is 1. The Balaban J connectivity index is 0. The summed E-state index contributed by atoms with van der Waals surface area (Å²) in [6, 6.07) is -0.835. The summed E-state index contributed by atoms with van der Waals surface area (Å²) in [7, 11) is 1.59. The van der Waals surface area contributed by atoms with Crippen LogP contribution in [0.1, 0.15) is 32.1 Å². The van der Waals surface area contributed by atoms with Gasteiger partial charge in [0.2, 0.25) is 11.8 Å². The van der Waals surface area contributed by atoms with Crippen LogP contribution in [-0.4, -0.2) is 67.7 Å². The molecule has 152 valence electrons. The molecule has 11 heteroatoms. The Morgan fingerprint density at radius 2 is 2.08 bits per heavy atom. The molecule has 0 spiro atoms. The molecule has 1 aliphatic heterocycles. The number of halogens is 2. The first-order chi connectivity index (χ1) is 11.4. The van der Waals surface area contributed by atoms with Gasteiger partial charge in [0.05, 0.1) is 18.6 Å². The van der Waals surface area contributed by atoms with Crippen LogP contribution in [0.2, 0.25) is 0 Å². The molecule has 0 bridgehead atoms. The smallest absolute Gasteiger partial charge is 0.240 e. The highest BCUT2D eigenvalue weighted by atomic mass is 35.5. The van der Waals surface area contributed by atoms with E-state index in [1.807, 2.05) is 0 Å². The maximum atomic E-state index is 12.2. The van der Waals surface area contributed by atoms with Crippen LogP contribution in [-0.2, 0) is 14.4 Å². The van der Waals surface area contributed by atoms with E-state index in [4.69, 9.17) is 11.1 Å². The number of piperidine rings is 1. The monoisotopic (exact) mass is 412 g/mol. The van der Waals surface area contributed by atoms with Crippen molar-refractivity contribution in [1.82, 2.24) is 20.9 Å². The van der Waals surface area contributed by atoms with Crippen LogP contribution in [0.3, 0.4) is 0 Å². The van der Waals surface area contributed by atoms with Gasteiger partial charge < -0.3 is 31.4 Å². The first-order valence-corrected chi connectivity index (χ1v) is 8.25. The number of hydrogen-bond acceptors (Lipinski definition) is 5. The third-order valence-electron chi connectivity index (χ3n) is 3.88. The topological polar surface area (TPSA) is 140 Å². The number of amides is 2. The van der Waals surface area contributed by atoms with Crippen molar-refractivity contribution in [3.05, 3.63) is 0 Å². The van der Waals surface area contributed by atoms with Crippen molar-refractivity contribution in [2.24, 2.45) is 5.73 Å². The van der Waals surface area contributed by atoms with E-state index in [1.54, 1.807) is 7.05 Å². The second-order valence-electron chi connectivity index (χ2n) is 5.99. The van der Waals surface area contributed by atoms with E-state index < -0.39 is 6.04 Å². The van der Waals surface area contributed by atoms with E-state index in [-0.39, 0.29) is 55.2 Å². The van der Waals surface area contributed by atoms with E-state index >= 15 is 0 Å². The summed E-state index contributed by atoms with van der Waals surface area (Å²) in [5.74, 6) is -0.588. The van der Waals surface area contributed by atoms with Gasteiger partial charge in [-0.15, -0.1) is 24.8 Å².